The number of benzene rings is 1. The van der Waals surface area contributed by atoms with E-state index >= 15 is 0 Å². The molecular formula is C27H21N9O2S. The Morgan fingerprint density at radius 1 is 1.18 bits per heavy atom. The number of nitrogens with one attached hydrogen (secondary N) is 1. The number of nitrogens with two attached hydrogens (primary N) is 1. The number of rotatable bonds is 4. The van der Waals surface area contributed by atoms with E-state index in [1.807, 2.05) is 37.4 Å². The van der Waals surface area contributed by atoms with Crippen molar-refractivity contribution < 1.29 is 4.79 Å². The highest BCUT2D eigenvalue weighted by Gasteiger charge is 2.25. The van der Waals surface area contributed by atoms with Gasteiger partial charge >= 0.3 is 0 Å². The van der Waals surface area contributed by atoms with E-state index in [9.17, 15) is 9.59 Å². The number of thiazole rings is 1. The number of carbonyl (C=O) groups excluding carboxylic acids is 1. The number of nitrogens with zero attached hydrogens (tertiary/aromatic N) is 7. The SMILES string of the molecule is C[C@H](NC(=O)c1c(N)ncn2ccnc12)c1nc2scc(C#Cc3cnn(C)c3)n2c(=O)c1-c1ccccc1. The summed E-state index contributed by atoms with van der Waals surface area (Å²) in [5.41, 5.74) is 9.01. The molecule has 3 N–H and O–H groups in total. The van der Waals surface area contributed by atoms with Gasteiger partial charge in [0.2, 0.25) is 0 Å². The third-order valence-corrected chi connectivity index (χ3v) is 6.98. The van der Waals surface area contributed by atoms with Gasteiger partial charge in [-0.2, -0.15) is 5.10 Å². The second-order valence-electron chi connectivity index (χ2n) is 8.79. The Hall–Kier alpha value is -5.28. The first-order valence-corrected chi connectivity index (χ1v) is 12.8. The molecule has 0 radical (unpaired) electrons. The molecule has 192 valence electrons. The fourth-order valence-corrected chi connectivity index (χ4v) is 5.14. The molecule has 0 saturated carbocycles. The van der Waals surface area contributed by atoms with Crippen LogP contribution in [0.4, 0.5) is 5.82 Å². The summed E-state index contributed by atoms with van der Waals surface area (Å²) in [4.78, 5) is 41.0. The minimum atomic E-state index is -0.646. The zero-order valence-electron chi connectivity index (χ0n) is 20.9. The summed E-state index contributed by atoms with van der Waals surface area (Å²) in [5.74, 6) is 5.70. The Labute approximate surface area is 225 Å². The number of anilines is 1. The Balaban J connectivity index is 1.46. The molecule has 5 aromatic heterocycles. The Morgan fingerprint density at radius 2 is 2.00 bits per heavy atom. The Morgan fingerprint density at radius 3 is 2.77 bits per heavy atom. The van der Waals surface area contributed by atoms with Gasteiger partial charge in [0, 0.05) is 31.0 Å². The van der Waals surface area contributed by atoms with Crippen LogP contribution in [0.1, 0.15) is 40.3 Å². The minimum absolute atomic E-state index is 0.0558. The van der Waals surface area contributed by atoms with Gasteiger partial charge in [0.05, 0.1) is 29.1 Å². The van der Waals surface area contributed by atoms with Crippen LogP contribution in [0.5, 0.6) is 0 Å². The number of hydrogen-bond acceptors (Lipinski definition) is 8. The molecular weight excluding hydrogens is 514 g/mol. The molecule has 1 atom stereocenters. The van der Waals surface area contributed by atoms with Gasteiger partial charge in [-0.1, -0.05) is 36.3 Å². The molecule has 0 bridgehead atoms. The van der Waals surface area contributed by atoms with Crippen LogP contribution in [0.2, 0.25) is 0 Å². The fourth-order valence-electron chi connectivity index (χ4n) is 4.33. The van der Waals surface area contributed by atoms with Gasteiger partial charge in [-0.25, -0.2) is 19.4 Å². The van der Waals surface area contributed by atoms with Crippen LogP contribution in [-0.2, 0) is 7.05 Å². The minimum Gasteiger partial charge on any atom is -0.383 e. The predicted molar refractivity (Wildman–Crippen MR) is 147 cm³/mol. The molecule has 0 aliphatic carbocycles. The van der Waals surface area contributed by atoms with Crippen molar-refractivity contribution in [2.24, 2.45) is 7.05 Å². The lowest BCUT2D eigenvalue weighted by atomic mass is 10.0. The summed E-state index contributed by atoms with van der Waals surface area (Å²) in [6, 6.07) is 8.59. The van der Waals surface area contributed by atoms with E-state index in [1.54, 1.807) is 46.2 Å². The topological polar surface area (TPSA) is 138 Å². The number of hydrogen-bond donors (Lipinski definition) is 2. The number of fused-ring (bicyclic) bond motifs is 2. The normalized spacial score (nSPS) is 11.8. The molecule has 11 nitrogen and oxygen atoms in total. The van der Waals surface area contributed by atoms with Crippen LogP contribution in [0.3, 0.4) is 0 Å². The van der Waals surface area contributed by atoms with Crippen molar-refractivity contribution in [3.05, 3.63) is 99.7 Å². The van der Waals surface area contributed by atoms with Crippen molar-refractivity contribution in [1.29, 1.82) is 0 Å². The van der Waals surface area contributed by atoms with Crippen molar-refractivity contribution in [2.75, 3.05) is 5.73 Å². The van der Waals surface area contributed by atoms with Crippen LogP contribution in [0.25, 0.3) is 21.7 Å². The number of aryl methyl sites for hydroxylation is 1. The maximum atomic E-state index is 14.0. The van der Waals surface area contributed by atoms with E-state index in [2.05, 4.69) is 32.2 Å². The second-order valence-corrected chi connectivity index (χ2v) is 9.63. The lowest BCUT2D eigenvalue weighted by Crippen LogP contribution is -2.31. The number of amides is 1. The van der Waals surface area contributed by atoms with Crippen LogP contribution >= 0.6 is 11.3 Å². The first kappa shape index (κ1) is 24.1. The highest BCUT2D eigenvalue weighted by atomic mass is 32.1. The van der Waals surface area contributed by atoms with Gasteiger partial charge in [-0.05, 0) is 18.4 Å². The summed E-state index contributed by atoms with van der Waals surface area (Å²) in [7, 11) is 1.81. The molecule has 0 saturated heterocycles. The molecule has 6 rings (SSSR count). The summed E-state index contributed by atoms with van der Waals surface area (Å²) >= 11 is 1.30. The number of nitrogen functional groups attached to an aromatic ring is 1. The molecule has 1 aromatic carbocycles. The van der Waals surface area contributed by atoms with E-state index in [4.69, 9.17) is 10.7 Å². The lowest BCUT2D eigenvalue weighted by molar-refractivity contribution is 0.0941. The zero-order chi connectivity index (χ0) is 27.1. The van der Waals surface area contributed by atoms with Gasteiger partial charge in [-0.3, -0.25) is 18.7 Å². The zero-order valence-corrected chi connectivity index (χ0v) is 21.7. The van der Waals surface area contributed by atoms with Crippen LogP contribution in [0, 0.1) is 11.8 Å². The van der Waals surface area contributed by atoms with Crippen molar-refractivity contribution in [3.63, 3.8) is 0 Å². The molecule has 0 fully saturated rings. The number of imidazole rings is 1. The summed E-state index contributed by atoms with van der Waals surface area (Å²) in [6.07, 6.45) is 8.19. The van der Waals surface area contributed by atoms with Gasteiger partial charge in [-0.15, -0.1) is 11.3 Å². The van der Waals surface area contributed by atoms with Crippen molar-refractivity contribution in [3.8, 4) is 23.0 Å². The Kier molecular flexibility index (Phi) is 5.90. The number of aromatic nitrogens is 7. The van der Waals surface area contributed by atoms with Crippen LogP contribution < -0.4 is 16.6 Å². The molecule has 5 heterocycles. The third kappa shape index (κ3) is 4.30. The smallest absolute Gasteiger partial charge is 0.267 e. The summed E-state index contributed by atoms with van der Waals surface area (Å²) in [5, 5.41) is 8.86. The highest BCUT2D eigenvalue weighted by molar-refractivity contribution is 7.15. The van der Waals surface area contributed by atoms with E-state index in [-0.39, 0.29) is 16.9 Å². The second kappa shape index (κ2) is 9.55. The summed E-state index contributed by atoms with van der Waals surface area (Å²) < 4.78 is 4.78. The molecule has 0 unspecified atom stereocenters. The molecule has 6 aromatic rings. The van der Waals surface area contributed by atoms with Gasteiger partial charge in [0.25, 0.3) is 11.5 Å². The maximum absolute atomic E-state index is 14.0. The maximum Gasteiger partial charge on any atom is 0.267 e. The average molecular weight is 536 g/mol. The largest absolute Gasteiger partial charge is 0.383 e. The van der Waals surface area contributed by atoms with Gasteiger partial charge in [0.15, 0.2) is 10.6 Å². The Bertz CT molecular complexity index is 1990. The molecule has 0 spiro atoms. The van der Waals surface area contributed by atoms with E-state index in [0.717, 1.165) is 5.56 Å². The van der Waals surface area contributed by atoms with Gasteiger partial charge in [0.1, 0.15) is 23.4 Å². The van der Waals surface area contributed by atoms with E-state index in [1.165, 1.54) is 22.1 Å². The molecule has 0 aliphatic rings. The highest BCUT2D eigenvalue weighted by Crippen LogP contribution is 2.27. The number of carbonyl (C=O) groups is 1. The first-order chi connectivity index (χ1) is 18.9. The fraction of sp³-hybridized carbons (Fsp3) is 0.111. The van der Waals surface area contributed by atoms with Gasteiger partial charge < -0.3 is 11.1 Å². The van der Waals surface area contributed by atoms with Crippen molar-refractivity contribution in [1.82, 2.24) is 38.9 Å². The monoisotopic (exact) mass is 535 g/mol. The molecule has 0 aliphatic heterocycles. The van der Waals surface area contributed by atoms with Crippen LogP contribution in [-0.4, -0.2) is 39.4 Å². The van der Waals surface area contributed by atoms with E-state index < -0.39 is 11.9 Å². The first-order valence-electron chi connectivity index (χ1n) is 11.9. The average Bonchev–Trinajstić information content (AvgIpc) is 3.67. The summed E-state index contributed by atoms with van der Waals surface area (Å²) in [6.45, 7) is 1.77. The van der Waals surface area contributed by atoms with Crippen molar-refractivity contribution in [2.45, 2.75) is 13.0 Å². The van der Waals surface area contributed by atoms with E-state index in [0.29, 0.717) is 33.1 Å². The lowest BCUT2D eigenvalue weighted by Gasteiger charge is -2.18. The van der Waals surface area contributed by atoms with Crippen molar-refractivity contribution >= 4 is 33.7 Å². The molecule has 12 heteroatoms. The van der Waals surface area contributed by atoms with Crippen LogP contribution in [0.15, 0.2) is 71.6 Å². The molecule has 39 heavy (non-hydrogen) atoms. The quantitative estimate of drug-likeness (QED) is 0.331. The standard InChI is InChI=1S/C27H21N9O2S/c1-16(32-25(37)21-23(28)30-15-35-11-10-29-24(21)35)22-20(18-6-4-3-5-7-18)26(38)36-19(14-39-27(36)33-22)9-8-17-12-31-34(2)13-17/h3-7,10-16H,28H2,1-2H3,(H,32,37)/t16-/m0/s1. The molecule has 1 amide bonds. The third-order valence-electron chi connectivity index (χ3n) is 6.15. The predicted octanol–water partition coefficient (Wildman–Crippen LogP) is 2.67.